The summed E-state index contributed by atoms with van der Waals surface area (Å²) >= 11 is 0. The molecule has 13 heteroatoms. The third kappa shape index (κ3) is 10.7. The Labute approximate surface area is 393 Å². The van der Waals surface area contributed by atoms with Crippen LogP contribution < -0.4 is 45.5 Å². The quantitative estimate of drug-likeness (QED) is 0.0364. The summed E-state index contributed by atoms with van der Waals surface area (Å²) in [4.78, 5) is 2.34. The van der Waals surface area contributed by atoms with Crippen LogP contribution in [-0.4, -0.2) is 66.4 Å². The van der Waals surface area contributed by atoms with Crippen molar-refractivity contribution >= 4 is 59.5 Å². The molecule has 0 unspecified atom stereocenters. The monoisotopic (exact) mass is 890 g/mol. The van der Waals surface area contributed by atoms with E-state index in [-0.39, 0.29) is 64.8 Å². The molecule has 2 aliphatic heterocycles. The van der Waals surface area contributed by atoms with Crippen LogP contribution >= 0.6 is 0 Å². The summed E-state index contributed by atoms with van der Waals surface area (Å²) in [6, 6.07) is 25.8. The molecule has 0 atom stereocenters. The van der Waals surface area contributed by atoms with Crippen LogP contribution in [0.1, 0.15) is 91.2 Å². The van der Waals surface area contributed by atoms with Crippen LogP contribution in [0.25, 0.3) is 21.5 Å². The molecular weight excluding hydrogens is 828 g/mol. The van der Waals surface area contributed by atoms with E-state index in [4.69, 9.17) is 5.73 Å². The van der Waals surface area contributed by atoms with Crippen LogP contribution in [-0.2, 0) is 40.1 Å². The third-order valence-corrected chi connectivity index (χ3v) is 13.8. The van der Waals surface area contributed by atoms with Crippen molar-refractivity contribution in [1.29, 1.82) is 0 Å². The van der Waals surface area contributed by atoms with Gasteiger partial charge in [-0.2, -0.15) is 13.0 Å². The zero-order chi connectivity index (χ0) is 42.0. The molecule has 0 fully saturated rings. The molecule has 7 rings (SSSR count). The summed E-state index contributed by atoms with van der Waals surface area (Å²) in [6.45, 7) is 11.6. The van der Waals surface area contributed by atoms with Gasteiger partial charge in [-0.15, -0.1) is 0 Å². The van der Waals surface area contributed by atoms with Crippen molar-refractivity contribution in [2.24, 2.45) is 5.73 Å². The van der Waals surface area contributed by atoms with Crippen molar-refractivity contribution < 1.29 is 61.0 Å². The van der Waals surface area contributed by atoms with Gasteiger partial charge in [-0.3, -0.25) is 4.55 Å². The molecule has 0 bridgehead atoms. The van der Waals surface area contributed by atoms with E-state index in [9.17, 15) is 21.4 Å². The summed E-state index contributed by atoms with van der Waals surface area (Å²) < 4.78 is 57.7. The molecule has 62 heavy (non-hydrogen) atoms. The number of hydrogen-bond donors (Lipinski definition) is 3. The molecule has 10 nitrogen and oxygen atoms in total. The third-order valence-electron chi connectivity index (χ3n) is 12.4. The second-order valence-electron chi connectivity index (χ2n) is 17.1. The van der Waals surface area contributed by atoms with Gasteiger partial charge in [-0.25, -0.2) is 0 Å². The topological polar surface area (TPSA) is 163 Å². The molecule has 3 aliphatic rings. The van der Waals surface area contributed by atoms with Crippen molar-refractivity contribution in [3.63, 3.8) is 0 Å². The fraction of sp³-hybridized carbons (Fsp3) is 0.408. The molecule has 0 radical (unpaired) electrons. The Hall–Kier alpha value is -3.59. The molecule has 1 aliphatic carbocycles. The number of rotatable bonds is 16. The minimum atomic E-state index is -4.03. The van der Waals surface area contributed by atoms with Crippen molar-refractivity contribution in [2.75, 3.05) is 42.6 Å². The minimum absolute atomic E-state index is 0. The van der Waals surface area contributed by atoms with Crippen LogP contribution in [0.5, 0.6) is 0 Å². The van der Waals surface area contributed by atoms with Gasteiger partial charge in [-0.05, 0) is 102 Å². The predicted molar refractivity (Wildman–Crippen MR) is 251 cm³/mol. The maximum atomic E-state index is 11.6. The van der Waals surface area contributed by atoms with E-state index in [0.717, 1.165) is 49.3 Å². The average Bonchev–Trinajstić information content (AvgIpc) is 3.56. The number of unbranched alkanes of at least 4 members (excludes halogenated alkanes) is 2. The number of allylic oxidation sites excluding steroid dienone is 7. The fourth-order valence-electron chi connectivity index (χ4n) is 9.64. The minimum Gasteiger partial charge on any atom is -0.870 e. The Morgan fingerprint density at radius 2 is 1.50 bits per heavy atom. The number of nitrogens with two attached hydrogens (primary N) is 1. The average molecular weight is 891 g/mol. The van der Waals surface area contributed by atoms with Gasteiger partial charge in [0, 0.05) is 66.3 Å². The van der Waals surface area contributed by atoms with Crippen molar-refractivity contribution in [3.05, 3.63) is 131 Å². The Morgan fingerprint density at radius 3 is 2.16 bits per heavy atom. The van der Waals surface area contributed by atoms with Gasteiger partial charge in [0.15, 0.2) is 5.71 Å². The van der Waals surface area contributed by atoms with Gasteiger partial charge in [0.1, 0.15) is 6.54 Å². The predicted octanol–water partition coefficient (Wildman–Crippen LogP) is 6.74. The standard InChI is InChI=1S/C48H57N4O5S2.CH4.Na.H2O/c1-47(2)42(51(30-9-11-32-58(53)54)40-24-20-34-14-5-7-18-38(34)44(40)47)26-22-36-16-13-17-37(46(36)50-29-28-49)23-27-43-48(3,4)45-39-19-8-6-15-35(39)21-25-41(45)52(43)31-10-12-33-59(55,56)57;;;/h5-8,14-15,18-27H,9-13,16-17,28-33,49H2,1-4H3,(H,55,56,57);1H4;;1H2/q-1;;+1;/b37-23+,43-27-;;;. The van der Waals surface area contributed by atoms with Crippen LogP contribution in [0, 0.1) is 0 Å². The number of nitrogens with zero attached hydrogens (tertiary/aromatic N) is 2. The van der Waals surface area contributed by atoms with Gasteiger partial charge in [0.25, 0.3) is 10.1 Å². The first-order valence-electron chi connectivity index (χ1n) is 21.0. The molecule has 4 aromatic rings. The molecular formula is C49H63N4NaO6S2. The Bertz CT molecular complexity index is 2620. The van der Waals surface area contributed by atoms with Crippen LogP contribution in [0.3, 0.4) is 0 Å². The maximum absolute atomic E-state index is 11.6. The molecule has 0 saturated heterocycles. The molecule has 0 saturated carbocycles. The molecule has 5 N–H and O–H groups in total. The normalized spacial score (nSPS) is 18.1. The number of nitrogens with one attached hydrogen (secondary N) is 1. The van der Waals surface area contributed by atoms with E-state index in [2.05, 4.69) is 140 Å². The van der Waals surface area contributed by atoms with Gasteiger partial charge in [0.05, 0.1) is 11.2 Å². The molecule has 2 heterocycles. The Balaban J connectivity index is 0.00000282. The Morgan fingerprint density at radius 1 is 0.839 bits per heavy atom. The zero-order valence-corrected chi connectivity index (χ0v) is 39.9. The first kappa shape index (κ1) is 51.0. The van der Waals surface area contributed by atoms with Crippen molar-refractivity contribution in [3.8, 4) is 0 Å². The van der Waals surface area contributed by atoms with E-state index in [0.29, 0.717) is 38.9 Å². The van der Waals surface area contributed by atoms with Crippen LogP contribution in [0.4, 0.5) is 11.4 Å². The van der Waals surface area contributed by atoms with Crippen LogP contribution in [0.2, 0.25) is 0 Å². The second-order valence-corrected chi connectivity index (χ2v) is 19.6. The van der Waals surface area contributed by atoms with Crippen LogP contribution in [0.15, 0.2) is 120 Å². The van der Waals surface area contributed by atoms with Gasteiger partial charge in [0.2, 0.25) is 5.69 Å². The van der Waals surface area contributed by atoms with Crippen molar-refractivity contribution in [2.45, 2.75) is 90.9 Å². The number of fused-ring (bicyclic) bond motifs is 6. The van der Waals surface area contributed by atoms with E-state index in [1.807, 2.05) is 0 Å². The first-order valence-corrected chi connectivity index (χ1v) is 23.8. The van der Waals surface area contributed by atoms with Gasteiger partial charge in [-0.1, -0.05) is 111 Å². The van der Waals surface area contributed by atoms with E-state index < -0.39 is 20.8 Å². The Kier molecular flexibility index (Phi) is 17.6. The summed E-state index contributed by atoms with van der Waals surface area (Å²) in [5.74, 6) is -0.0948. The summed E-state index contributed by atoms with van der Waals surface area (Å²) in [5, 5.41) is 8.54. The summed E-state index contributed by atoms with van der Waals surface area (Å²) in [6.07, 6.45) is 14.3. The molecule has 328 valence electrons. The fourth-order valence-corrected chi connectivity index (χ4v) is 10.6. The van der Waals surface area contributed by atoms with E-state index in [1.165, 1.54) is 55.2 Å². The SMILES string of the molecule is C.CC1(C)C(/C=C/C2=C(NCCN)C(=C/C=C3\N(CCCCS(=O)(=O)O)c4ccc5ccccc5c4C3(C)C)/CCC2)=[N+](CCCC[S-](=O)=O)c2ccc3ccccc3c21.[Na+].[OH-]. The summed E-state index contributed by atoms with van der Waals surface area (Å²) in [5.41, 5.74) is 16.2. The number of anilines is 1. The largest absolute Gasteiger partial charge is 1.00 e. The first-order chi connectivity index (χ1) is 28.2. The number of benzene rings is 4. The van der Waals surface area contributed by atoms with Gasteiger partial charge >= 0.3 is 29.6 Å². The maximum Gasteiger partial charge on any atom is 1.00 e. The second kappa shape index (κ2) is 21.4. The van der Waals surface area contributed by atoms with E-state index in [1.54, 1.807) is 0 Å². The van der Waals surface area contributed by atoms with E-state index >= 15 is 0 Å². The molecule has 0 spiro atoms. The zero-order valence-electron chi connectivity index (χ0n) is 36.2. The van der Waals surface area contributed by atoms with Gasteiger partial charge < -0.3 is 29.8 Å². The van der Waals surface area contributed by atoms with Crippen molar-refractivity contribution in [1.82, 2.24) is 5.32 Å². The summed E-state index contributed by atoms with van der Waals surface area (Å²) in [7, 11) is -6.09. The number of hydrogen-bond acceptors (Lipinski definition) is 9. The molecule has 0 amide bonds. The smallest absolute Gasteiger partial charge is 0.870 e. The molecule has 4 aromatic carbocycles. The molecule has 0 aromatic heterocycles.